The molecule has 2 aliphatic heterocycles. The Kier molecular flexibility index (Phi) is 7.39. The van der Waals surface area contributed by atoms with Crippen molar-refractivity contribution in [2.75, 3.05) is 62.8 Å². The molecule has 36 heavy (non-hydrogen) atoms. The normalized spacial score (nSPS) is 18.4. The fourth-order valence-corrected chi connectivity index (χ4v) is 5.08. The first-order valence-corrected chi connectivity index (χ1v) is 13.0. The van der Waals surface area contributed by atoms with E-state index in [2.05, 4.69) is 28.9 Å². The number of aromatic nitrogens is 2. The first-order chi connectivity index (χ1) is 17.7. The second-order valence-corrected chi connectivity index (χ2v) is 9.49. The molecular weight excluding hydrogens is 454 g/mol. The van der Waals surface area contributed by atoms with Crippen LogP contribution >= 0.6 is 0 Å². The van der Waals surface area contributed by atoms with E-state index in [1.165, 1.54) is 5.69 Å². The average molecular weight is 490 g/mol. The van der Waals surface area contributed by atoms with Crippen molar-refractivity contribution in [2.45, 2.75) is 26.2 Å². The highest BCUT2D eigenvalue weighted by molar-refractivity contribution is 5.81. The molecule has 0 unspecified atom stereocenters. The van der Waals surface area contributed by atoms with Crippen molar-refractivity contribution in [1.29, 1.82) is 0 Å². The van der Waals surface area contributed by atoms with E-state index in [1.807, 2.05) is 41.3 Å². The van der Waals surface area contributed by atoms with Crippen LogP contribution in [0.15, 0.2) is 48.5 Å². The lowest BCUT2D eigenvalue weighted by Crippen LogP contribution is -2.52. The highest BCUT2D eigenvalue weighted by atomic mass is 16.5. The van der Waals surface area contributed by atoms with Gasteiger partial charge < -0.3 is 24.2 Å². The third-order valence-electron chi connectivity index (χ3n) is 7.06. The van der Waals surface area contributed by atoms with Crippen LogP contribution in [0.4, 0.5) is 11.5 Å². The zero-order valence-corrected chi connectivity index (χ0v) is 21.2. The van der Waals surface area contributed by atoms with Crippen molar-refractivity contribution in [2.24, 2.45) is 5.92 Å². The first-order valence-electron chi connectivity index (χ1n) is 13.0. The molecule has 0 bridgehead atoms. The molecule has 0 aliphatic carbocycles. The maximum Gasteiger partial charge on any atom is 0.258 e. The maximum atomic E-state index is 13.5. The highest BCUT2D eigenvalue weighted by Gasteiger charge is 2.33. The number of hydrogen-bond donors (Lipinski definition) is 0. The standard InChI is InChI=1S/C28H35N5O3/c1-3-19-36-27-26(29-24-8-4-5-9-25(24)30-27)33-14-6-7-21(20-33)28(34)32-17-15-31(16-18-32)22-10-12-23(35-2)13-11-22/h4-5,8-13,21H,3,6-7,14-20H2,1-2H3/t21-/m0/s1. The molecular formula is C28H35N5O3. The van der Waals surface area contributed by atoms with Crippen molar-refractivity contribution in [3.8, 4) is 11.6 Å². The van der Waals surface area contributed by atoms with Crippen LogP contribution in [0.25, 0.3) is 11.0 Å². The summed E-state index contributed by atoms with van der Waals surface area (Å²) in [6, 6.07) is 16.0. The van der Waals surface area contributed by atoms with E-state index in [9.17, 15) is 4.79 Å². The second kappa shape index (κ2) is 11.0. The molecule has 2 fully saturated rings. The van der Waals surface area contributed by atoms with Crippen molar-refractivity contribution < 1.29 is 14.3 Å². The lowest BCUT2D eigenvalue weighted by molar-refractivity contribution is -0.136. The quantitative estimate of drug-likeness (QED) is 0.497. The number of carbonyl (C=O) groups is 1. The Balaban J connectivity index is 1.26. The van der Waals surface area contributed by atoms with Gasteiger partial charge in [-0.15, -0.1) is 0 Å². The summed E-state index contributed by atoms with van der Waals surface area (Å²) in [5, 5.41) is 0. The van der Waals surface area contributed by atoms with E-state index >= 15 is 0 Å². The van der Waals surface area contributed by atoms with Crippen LogP contribution in [0.2, 0.25) is 0 Å². The molecule has 0 radical (unpaired) electrons. The fraction of sp³-hybridized carbons (Fsp3) is 0.464. The number of carbonyl (C=O) groups excluding carboxylic acids is 1. The summed E-state index contributed by atoms with van der Waals surface area (Å²) in [5.74, 6) is 2.38. The summed E-state index contributed by atoms with van der Waals surface area (Å²) >= 11 is 0. The first kappa shape index (κ1) is 24.2. The van der Waals surface area contributed by atoms with Crippen LogP contribution in [0, 0.1) is 5.92 Å². The van der Waals surface area contributed by atoms with Crippen LogP contribution in [-0.2, 0) is 4.79 Å². The number of nitrogens with zero attached hydrogens (tertiary/aromatic N) is 5. The molecule has 8 nitrogen and oxygen atoms in total. The number of fused-ring (bicyclic) bond motifs is 1. The number of hydrogen-bond acceptors (Lipinski definition) is 7. The Bertz CT molecular complexity index is 1180. The summed E-state index contributed by atoms with van der Waals surface area (Å²) < 4.78 is 11.3. The molecule has 2 aliphatic rings. The summed E-state index contributed by atoms with van der Waals surface area (Å²) in [6.07, 6.45) is 2.75. The number of benzene rings is 2. The zero-order chi connectivity index (χ0) is 24.9. The number of rotatable bonds is 7. The van der Waals surface area contributed by atoms with E-state index in [4.69, 9.17) is 19.4 Å². The Morgan fingerprint density at radius 3 is 2.36 bits per heavy atom. The van der Waals surface area contributed by atoms with E-state index in [1.54, 1.807) is 7.11 Å². The molecule has 1 aromatic heterocycles. The summed E-state index contributed by atoms with van der Waals surface area (Å²) in [6.45, 7) is 7.31. The van der Waals surface area contributed by atoms with E-state index in [-0.39, 0.29) is 11.8 Å². The van der Waals surface area contributed by atoms with Crippen LogP contribution in [0.5, 0.6) is 11.6 Å². The molecule has 190 valence electrons. The van der Waals surface area contributed by atoms with Crippen LogP contribution in [0.1, 0.15) is 26.2 Å². The summed E-state index contributed by atoms with van der Waals surface area (Å²) in [7, 11) is 1.68. The monoisotopic (exact) mass is 489 g/mol. The summed E-state index contributed by atoms with van der Waals surface area (Å²) in [4.78, 5) is 29.8. The highest BCUT2D eigenvalue weighted by Crippen LogP contribution is 2.31. The number of amides is 1. The summed E-state index contributed by atoms with van der Waals surface area (Å²) in [5.41, 5.74) is 2.84. The molecule has 3 aromatic rings. The van der Waals surface area contributed by atoms with Crippen LogP contribution in [-0.4, -0.2) is 73.8 Å². The minimum absolute atomic E-state index is 0.0430. The predicted octanol–water partition coefficient (Wildman–Crippen LogP) is 3.99. The van der Waals surface area contributed by atoms with E-state index < -0.39 is 0 Å². The molecule has 5 rings (SSSR count). The number of methoxy groups -OCH3 is 1. The number of ether oxygens (including phenoxy) is 2. The number of para-hydroxylation sites is 2. The van der Waals surface area contributed by atoms with Gasteiger partial charge in [-0.1, -0.05) is 19.1 Å². The van der Waals surface area contributed by atoms with Crippen molar-refractivity contribution in [3.63, 3.8) is 0 Å². The number of piperazine rings is 1. The van der Waals surface area contributed by atoms with Crippen molar-refractivity contribution >= 4 is 28.4 Å². The lowest BCUT2D eigenvalue weighted by Gasteiger charge is -2.40. The smallest absolute Gasteiger partial charge is 0.258 e. The minimum atomic E-state index is -0.0430. The van der Waals surface area contributed by atoms with Gasteiger partial charge >= 0.3 is 0 Å². The Hall–Kier alpha value is -3.55. The molecule has 0 N–H and O–H groups in total. The average Bonchev–Trinajstić information content (AvgIpc) is 2.95. The zero-order valence-electron chi connectivity index (χ0n) is 21.2. The predicted molar refractivity (Wildman–Crippen MR) is 142 cm³/mol. The van der Waals surface area contributed by atoms with Gasteiger partial charge in [-0.25, -0.2) is 9.97 Å². The van der Waals surface area contributed by atoms with E-state index in [0.29, 0.717) is 19.0 Å². The van der Waals surface area contributed by atoms with Gasteiger partial charge in [-0.3, -0.25) is 4.79 Å². The van der Waals surface area contributed by atoms with Gasteiger partial charge in [-0.2, -0.15) is 0 Å². The molecule has 0 spiro atoms. The lowest BCUT2D eigenvalue weighted by atomic mass is 9.96. The Morgan fingerprint density at radius 1 is 0.944 bits per heavy atom. The van der Waals surface area contributed by atoms with Crippen molar-refractivity contribution in [1.82, 2.24) is 14.9 Å². The fourth-order valence-electron chi connectivity index (χ4n) is 5.08. The van der Waals surface area contributed by atoms with E-state index in [0.717, 1.165) is 74.6 Å². The number of piperidine rings is 1. The molecule has 2 aromatic carbocycles. The molecule has 1 amide bonds. The van der Waals surface area contributed by atoms with Gasteiger partial charge in [0.05, 0.1) is 30.7 Å². The van der Waals surface area contributed by atoms with Gasteiger partial charge in [0.25, 0.3) is 5.88 Å². The minimum Gasteiger partial charge on any atom is -0.497 e. The van der Waals surface area contributed by atoms with Gasteiger partial charge in [-0.05, 0) is 55.7 Å². The molecule has 3 heterocycles. The second-order valence-electron chi connectivity index (χ2n) is 9.49. The largest absolute Gasteiger partial charge is 0.497 e. The molecule has 2 saturated heterocycles. The molecule has 0 saturated carbocycles. The van der Waals surface area contributed by atoms with Crippen molar-refractivity contribution in [3.05, 3.63) is 48.5 Å². The third kappa shape index (κ3) is 5.17. The van der Waals surface area contributed by atoms with Gasteiger partial charge in [0.1, 0.15) is 5.75 Å². The molecule has 8 heteroatoms. The van der Waals surface area contributed by atoms with Crippen LogP contribution in [0.3, 0.4) is 0 Å². The molecule has 1 atom stereocenters. The number of anilines is 2. The van der Waals surface area contributed by atoms with Gasteiger partial charge in [0.2, 0.25) is 5.91 Å². The Morgan fingerprint density at radius 2 is 1.67 bits per heavy atom. The maximum absolute atomic E-state index is 13.5. The van der Waals surface area contributed by atoms with Gasteiger partial charge in [0, 0.05) is 45.0 Å². The SMILES string of the molecule is CCCOc1nc2ccccc2nc1N1CCC[C@H](C(=O)N2CCN(c3ccc(OC)cc3)CC2)C1. The van der Waals surface area contributed by atoms with Crippen LogP contribution < -0.4 is 19.3 Å². The Labute approximate surface area is 212 Å². The topological polar surface area (TPSA) is 71.0 Å². The van der Waals surface area contributed by atoms with Gasteiger partial charge in [0.15, 0.2) is 5.82 Å². The third-order valence-corrected chi connectivity index (χ3v) is 7.06.